The fourth-order valence-corrected chi connectivity index (χ4v) is 3.53. The number of aliphatic hydroxyl groups excluding tert-OH is 1. The molecule has 1 saturated heterocycles. The van der Waals surface area contributed by atoms with E-state index in [1.807, 2.05) is 18.2 Å². The molecular formula is C22H32N4O3. The fourth-order valence-electron chi connectivity index (χ4n) is 3.53. The minimum atomic E-state index is -0.508. The molecule has 0 amide bonds. The molecule has 1 atom stereocenters. The standard InChI is InChI=1S/C22H32N4O3/c1-28-21-6-5-18(14-23-8-7-19-15-24-9-10-25-19)13-22(21)29-17-20(27)16-26-11-3-2-4-12-26/h5-6,9-10,13,15,20,23,27H,2-4,7-8,11-12,14,16-17H2,1H3/t20-/m0/s1. The van der Waals surface area contributed by atoms with E-state index in [4.69, 9.17) is 9.47 Å². The van der Waals surface area contributed by atoms with Crippen molar-refractivity contribution in [2.45, 2.75) is 38.3 Å². The number of β-amino-alcohol motifs (C(OH)–C–C–N with tert-alkyl or cyclic N) is 1. The third-order valence-corrected chi connectivity index (χ3v) is 5.08. The van der Waals surface area contributed by atoms with Crippen molar-refractivity contribution in [3.8, 4) is 11.5 Å². The second-order valence-corrected chi connectivity index (χ2v) is 7.43. The van der Waals surface area contributed by atoms with Gasteiger partial charge in [-0.05, 0) is 43.6 Å². The van der Waals surface area contributed by atoms with Crippen LogP contribution < -0.4 is 14.8 Å². The van der Waals surface area contributed by atoms with Gasteiger partial charge in [0.15, 0.2) is 11.5 Å². The summed E-state index contributed by atoms with van der Waals surface area (Å²) in [6, 6.07) is 5.90. The Hall–Kier alpha value is -2.22. The maximum atomic E-state index is 10.3. The lowest BCUT2D eigenvalue weighted by molar-refractivity contribution is 0.0608. The van der Waals surface area contributed by atoms with Gasteiger partial charge in [0, 0.05) is 44.6 Å². The van der Waals surface area contributed by atoms with Crippen LogP contribution in [0.5, 0.6) is 11.5 Å². The van der Waals surface area contributed by atoms with Crippen molar-refractivity contribution in [2.75, 3.05) is 39.9 Å². The van der Waals surface area contributed by atoms with Crippen LogP contribution in [0.1, 0.15) is 30.5 Å². The molecule has 0 saturated carbocycles. The Kier molecular flexibility index (Phi) is 8.67. The van der Waals surface area contributed by atoms with E-state index < -0.39 is 6.10 Å². The van der Waals surface area contributed by atoms with Gasteiger partial charge in [-0.2, -0.15) is 0 Å². The first-order valence-corrected chi connectivity index (χ1v) is 10.4. The van der Waals surface area contributed by atoms with E-state index in [1.54, 1.807) is 25.7 Å². The number of aliphatic hydroxyl groups is 1. The van der Waals surface area contributed by atoms with Crippen LogP contribution in [0.25, 0.3) is 0 Å². The molecular weight excluding hydrogens is 368 g/mol. The van der Waals surface area contributed by atoms with Crippen LogP contribution in [-0.2, 0) is 13.0 Å². The van der Waals surface area contributed by atoms with Crippen molar-refractivity contribution in [2.24, 2.45) is 0 Å². The van der Waals surface area contributed by atoms with E-state index in [9.17, 15) is 5.11 Å². The van der Waals surface area contributed by atoms with Crippen LogP contribution in [-0.4, -0.2) is 66.0 Å². The summed E-state index contributed by atoms with van der Waals surface area (Å²) in [5.41, 5.74) is 2.08. The number of ether oxygens (including phenoxy) is 2. The molecule has 158 valence electrons. The molecule has 29 heavy (non-hydrogen) atoms. The Morgan fingerprint density at radius 3 is 2.79 bits per heavy atom. The van der Waals surface area contributed by atoms with Gasteiger partial charge >= 0.3 is 0 Å². The van der Waals surface area contributed by atoms with Crippen molar-refractivity contribution in [1.82, 2.24) is 20.2 Å². The molecule has 2 heterocycles. The Morgan fingerprint density at radius 2 is 2.03 bits per heavy atom. The Morgan fingerprint density at radius 1 is 1.17 bits per heavy atom. The second-order valence-electron chi connectivity index (χ2n) is 7.43. The van der Waals surface area contributed by atoms with Gasteiger partial charge in [-0.1, -0.05) is 12.5 Å². The molecule has 7 heteroatoms. The normalized spacial score (nSPS) is 15.8. The largest absolute Gasteiger partial charge is 0.493 e. The number of likely N-dealkylation sites (tertiary alicyclic amines) is 1. The molecule has 2 aromatic rings. The van der Waals surface area contributed by atoms with Crippen molar-refractivity contribution in [3.63, 3.8) is 0 Å². The van der Waals surface area contributed by atoms with E-state index >= 15 is 0 Å². The van der Waals surface area contributed by atoms with E-state index in [-0.39, 0.29) is 6.61 Å². The lowest BCUT2D eigenvalue weighted by atomic mass is 10.1. The van der Waals surface area contributed by atoms with Crippen LogP contribution in [0.2, 0.25) is 0 Å². The predicted octanol–water partition coefficient (Wildman–Crippen LogP) is 2.04. The third kappa shape index (κ3) is 7.27. The molecule has 0 bridgehead atoms. The molecule has 1 aliphatic rings. The average molecular weight is 401 g/mol. The van der Waals surface area contributed by atoms with E-state index in [1.165, 1.54) is 19.3 Å². The number of methoxy groups -OCH3 is 1. The van der Waals surface area contributed by atoms with Crippen LogP contribution in [0.15, 0.2) is 36.8 Å². The highest BCUT2D eigenvalue weighted by atomic mass is 16.5. The zero-order valence-corrected chi connectivity index (χ0v) is 17.2. The zero-order chi connectivity index (χ0) is 20.3. The van der Waals surface area contributed by atoms with Gasteiger partial charge in [0.1, 0.15) is 12.7 Å². The fraction of sp³-hybridized carbons (Fsp3) is 0.545. The number of piperidine rings is 1. The summed E-state index contributed by atoms with van der Waals surface area (Å²) in [4.78, 5) is 10.7. The Bertz CT molecular complexity index is 723. The van der Waals surface area contributed by atoms with E-state index in [0.717, 1.165) is 43.9 Å². The Labute approximate surface area is 173 Å². The number of nitrogens with zero attached hydrogens (tertiary/aromatic N) is 3. The number of nitrogens with one attached hydrogen (secondary N) is 1. The summed E-state index contributed by atoms with van der Waals surface area (Å²) in [6.45, 7) is 4.58. The molecule has 7 nitrogen and oxygen atoms in total. The quantitative estimate of drug-likeness (QED) is 0.559. The summed E-state index contributed by atoms with van der Waals surface area (Å²) in [6.07, 6.45) is 9.22. The highest BCUT2D eigenvalue weighted by Crippen LogP contribution is 2.28. The summed E-state index contributed by atoms with van der Waals surface area (Å²) >= 11 is 0. The maximum absolute atomic E-state index is 10.3. The first-order chi connectivity index (χ1) is 14.2. The van der Waals surface area contributed by atoms with Crippen LogP contribution in [0.3, 0.4) is 0 Å². The number of rotatable bonds is 11. The van der Waals surface area contributed by atoms with E-state index in [0.29, 0.717) is 18.0 Å². The summed E-state index contributed by atoms with van der Waals surface area (Å²) in [5, 5.41) is 13.8. The van der Waals surface area contributed by atoms with Crippen LogP contribution >= 0.6 is 0 Å². The highest BCUT2D eigenvalue weighted by Gasteiger charge is 2.16. The molecule has 3 rings (SSSR count). The third-order valence-electron chi connectivity index (χ3n) is 5.08. The predicted molar refractivity (Wildman–Crippen MR) is 112 cm³/mol. The molecule has 1 aromatic heterocycles. The summed E-state index contributed by atoms with van der Waals surface area (Å²) in [5.74, 6) is 1.34. The summed E-state index contributed by atoms with van der Waals surface area (Å²) in [7, 11) is 1.63. The Balaban J connectivity index is 1.46. The van der Waals surface area contributed by atoms with Gasteiger partial charge in [0.25, 0.3) is 0 Å². The number of hydrogen-bond acceptors (Lipinski definition) is 7. The highest BCUT2D eigenvalue weighted by molar-refractivity contribution is 5.43. The topological polar surface area (TPSA) is 79.7 Å². The number of aromatic nitrogens is 2. The zero-order valence-electron chi connectivity index (χ0n) is 17.2. The van der Waals surface area contributed by atoms with Gasteiger partial charge in [-0.15, -0.1) is 0 Å². The molecule has 1 fully saturated rings. The molecule has 0 spiro atoms. The van der Waals surface area contributed by atoms with E-state index in [2.05, 4.69) is 20.2 Å². The minimum Gasteiger partial charge on any atom is -0.493 e. The van der Waals surface area contributed by atoms with Gasteiger partial charge in [-0.3, -0.25) is 9.97 Å². The number of hydrogen-bond donors (Lipinski definition) is 2. The molecule has 2 N–H and O–H groups in total. The van der Waals surface area contributed by atoms with Gasteiger partial charge in [-0.25, -0.2) is 0 Å². The first-order valence-electron chi connectivity index (χ1n) is 10.4. The summed E-state index contributed by atoms with van der Waals surface area (Å²) < 4.78 is 11.3. The van der Waals surface area contributed by atoms with Crippen molar-refractivity contribution >= 4 is 0 Å². The van der Waals surface area contributed by atoms with Gasteiger partial charge in [0.2, 0.25) is 0 Å². The smallest absolute Gasteiger partial charge is 0.161 e. The SMILES string of the molecule is COc1ccc(CNCCc2cnccn2)cc1OC[C@@H](O)CN1CCCCC1. The average Bonchev–Trinajstić information content (AvgIpc) is 2.77. The van der Waals surface area contributed by atoms with Gasteiger partial charge < -0.3 is 24.8 Å². The molecule has 1 aliphatic heterocycles. The van der Waals surface area contributed by atoms with Crippen LogP contribution in [0.4, 0.5) is 0 Å². The molecule has 1 aromatic carbocycles. The lowest BCUT2D eigenvalue weighted by Crippen LogP contribution is -2.38. The molecule has 0 aliphatic carbocycles. The number of benzene rings is 1. The van der Waals surface area contributed by atoms with Crippen molar-refractivity contribution in [3.05, 3.63) is 48.0 Å². The molecule has 0 unspecified atom stereocenters. The minimum absolute atomic E-state index is 0.260. The lowest BCUT2D eigenvalue weighted by Gasteiger charge is -2.28. The maximum Gasteiger partial charge on any atom is 0.161 e. The monoisotopic (exact) mass is 400 g/mol. The first kappa shape index (κ1) is 21.5. The molecule has 0 radical (unpaired) electrons. The second kappa shape index (κ2) is 11.7. The van der Waals surface area contributed by atoms with Crippen LogP contribution in [0, 0.1) is 0 Å². The van der Waals surface area contributed by atoms with Crippen molar-refractivity contribution in [1.29, 1.82) is 0 Å². The van der Waals surface area contributed by atoms with Crippen molar-refractivity contribution < 1.29 is 14.6 Å². The van der Waals surface area contributed by atoms with Gasteiger partial charge in [0.05, 0.1) is 12.8 Å².